The van der Waals surface area contributed by atoms with Crippen LogP contribution < -0.4 is 5.73 Å². The van der Waals surface area contributed by atoms with Gasteiger partial charge in [-0.15, -0.1) is 0 Å². The Morgan fingerprint density at radius 3 is 2.47 bits per heavy atom. The van der Waals surface area contributed by atoms with Crippen molar-refractivity contribution in [3.05, 3.63) is 0 Å². The van der Waals surface area contributed by atoms with Crippen molar-refractivity contribution in [3.8, 4) is 0 Å². The Hall–Kier alpha value is -0.570. The number of nitrogens with zero attached hydrogens (tertiary/aromatic N) is 1. The molecule has 0 spiro atoms. The fourth-order valence-electron chi connectivity index (χ4n) is 1.96. The topological polar surface area (TPSA) is 46.3 Å². The van der Waals surface area contributed by atoms with Crippen molar-refractivity contribution in [2.24, 2.45) is 23.5 Å². The van der Waals surface area contributed by atoms with Crippen LogP contribution in [-0.2, 0) is 4.79 Å². The molecule has 0 saturated heterocycles. The molecule has 15 heavy (non-hydrogen) atoms. The summed E-state index contributed by atoms with van der Waals surface area (Å²) in [5.74, 6) is 1.56. The molecule has 1 saturated carbocycles. The molecule has 1 unspecified atom stereocenters. The minimum Gasteiger partial charge on any atom is -0.345 e. The number of carbonyl (C=O) groups is 1. The molecule has 0 aliphatic heterocycles. The molecule has 1 atom stereocenters. The predicted molar refractivity (Wildman–Crippen MR) is 62.4 cm³/mol. The molecule has 0 bridgehead atoms. The Morgan fingerprint density at radius 1 is 1.47 bits per heavy atom. The second-order valence-corrected chi connectivity index (χ2v) is 5.22. The molecule has 88 valence electrons. The molecule has 0 radical (unpaired) electrons. The number of hydrogen-bond donors (Lipinski definition) is 1. The summed E-state index contributed by atoms with van der Waals surface area (Å²) in [6, 6.07) is 0. The molecule has 0 heterocycles. The van der Waals surface area contributed by atoms with Gasteiger partial charge in [-0.05, 0) is 31.1 Å². The van der Waals surface area contributed by atoms with Crippen LogP contribution in [0.1, 0.15) is 33.1 Å². The van der Waals surface area contributed by atoms with Crippen molar-refractivity contribution >= 4 is 5.91 Å². The Morgan fingerprint density at radius 2 is 2.07 bits per heavy atom. The first-order valence-corrected chi connectivity index (χ1v) is 5.99. The van der Waals surface area contributed by atoms with Gasteiger partial charge in [-0.25, -0.2) is 0 Å². The van der Waals surface area contributed by atoms with E-state index in [1.54, 1.807) is 0 Å². The lowest BCUT2D eigenvalue weighted by Crippen LogP contribution is -2.38. The van der Waals surface area contributed by atoms with Crippen LogP contribution in [0.15, 0.2) is 0 Å². The molecule has 1 amide bonds. The first-order chi connectivity index (χ1) is 7.04. The summed E-state index contributed by atoms with van der Waals surface area (Å²) >= 11 is 0. The number of rotatable bonds is 6. The van der Waals surface area contributed by atoms with E-state index in [0.717, 1.165) is 18.9 Å². The molecule has 1 aliphatic rings. The van der Waals surface area contributed by atoms with E-state index in [1.165, 1.54) is 12.8 Å². The van der Waals surface area contributed by atoms with Gasteiger partial charge in [0.05, 0.1) is 5.92 Å². The number of nitrogens with two attached hydrogens (primary N) is 1. The van der Waals surface area contributed by atoms with E-state index in [0.29, 0.717) is 12.5 Å². The molecular weight excluding hydrogens is 188 g/mol. The molecule has 1 rings (SSSR count). The van der Waals surface area contributed by atoms with Gasteiger partial charge in [0.15, 0.2) is 0 Å². The molecule has 0 aromatic heterocycles. The van der Waals surface area contributed by atoms with Crippen LogP contribution in [0.2, 0.25) is 0 Å². The first-order valence-electron chi connectivity index (χ1n) is 5.99. The lowest BCUT2D eigenvalue weighted by molar-refractivity contribution is -0.134. The molecule has 1 aliphatic carbocycles. The van der Waals surface area contributed by atoms with Gasteiger partial charge >= 0.3 is 0 Å². The second-order valence-electron chi connectivity index (χ2n) is 5.22. The molecule has 2 N–H and O–H groups in total. The summed E-state index contributed by atoms with van der Waals surface area (Å²) in [6.45, 7) is 5.67. The average Bonchev–Trinajstić information content (AvgIpc) is 2.96. The van der Waals surface area contributed by atoms with Crippen molar-refractivity contribution in [1.29, 1.82) is 0 Å². The van der Waals surface area contributed by atoms with Gasteiger partial charge in [-0.2, -0.15) is 0 Å². The van der Waals surface area contributed by atoms with Gasteiger partial charge in [0, 0.05) is 20.1 Å². The van der Waals surface area contributed by atoms with Gasteiger partial charge < -0.3 is 10.6 Å². The van der Waals surface area contributed by atoms with E-state index in [-0.39, 0.29) is 11.8 Å². The zero-order valence-corrected chi connectivity index (χ0v) is 10.2. The maximum Gasteiger partial charge on any atom is 0.226 e. The highest BCUT2D eigenvalue weighted by Crippen LogP contribution is 2.29. The fraction of sp³-hybridized carbons (Fsp3) is 0.917. The monoisotopic (exact) mass is 212 g/mol. The van der Waals surface area contributed by atoms with E-state index >= 15 is 0 Å². The van der Waals surface area contributed by atoms with Crippen molar-refractivity contribution in [2.75, 3.05) is 20.1 Å². The number of hydrogen-bond acceptors (Lipinski definition) is 2. The second kappa shape index (κ2) is 5.50. The van der Waals surface area contributed by atoms with Crippen LogP contribution in [0.3, 0.4) is 0 Å². The lowest BCUT2D eigenvalue weighted by Gasteiger charge is -2.23. The molecule has 3 heteroatoms. The maximum absolute atomic E-state index is 12.0. The Kier molecular flexibility index (Phi) is 4.58. The van der Waals surface area contributed by atoms with Gasteiger partial charge in [0.2, 0.25) is 5.91 Å². The van der Waals surface area contributed by atoms with Crippen LogP contribution in [0.25, 0.3) is 0 Å². The Bertz CT molecular complexity index is 212. The zero-order chi connectivity index (χ0) is 11.4. The van der Waals surface area contributed by atoms with Crippen molar-refractivity contribution in [3.63, 3.8) is 0 Å². The van der Waals surface area contributed by atoms with Crippen molar-refractivity contribution in [2.45, 2.75) is 33.1 Å². The summed E-state index contributed by atoms with van der Waals surface area (Å²) in [6.07, 6.45) is 3.48. The van der Waals surface area contributed by atoms with Crippen molar-refractivity contribution < 1.29 is 4.79 Å². The van der Waals surface area contributed by atoms with Gasteiger partial charge in [0.1, 0.15) is 0 Å². The number of carbonyl (C=O) groups excluding carboxylic acids is 1. The molecule has 1 fully saturated rings. The largest absolute Gasteiger partial charge is 0.345 e. The van der Waals surface area contributed by atoms with Crippen LogP contribution in [0, 0.1) is 17.8 Å². The van der Waals surface area contributed by atoms with Crippen LogP contribution in [0.5, 0.6) is 0 Å². The highest BCUT2D eigenvalue weighted by molar-refractivity contribution is 5.78. The molecular formula is C12H24N2O. The van der Waals surface area contributed by atoms with Crippen LogP contribution >= 0.6 is 0 Å². The van der Waals surface area contributed by atoms with E-state index in [1.807, 2.05) is 11.9 Å². The summed E-state index contributed by atoms with van der Waals surface area (Å²) in [5, 5.41) is 0. The molecule has 3 nitrogen and oxygen atoms in total. The minimum absolute atomic E-state index is 0.0220. The predicted octanol–water partition coefficient (Wildman–Crippen LogP) is 1.48. The third kappa shape index (κ3) is 4.20. The average molecular weight is 212 g/mol. The Balaban J connectivity index is 2.39. The first kappa shape index (κ1) is 12.5. The van der Waals surface area contributed by atoms with Crippen molar-refractivity contribution in [1.82, 2.24) is 4.90 Å². The van der Waals surface area contributed by atoms with Crippen LogP contribution in [0.4, 0.5) is 0 Å². The van der Waals surface area contributed by atoms with Gasteiger partial charge in [-0.1, -0.05) is 13.8 Å². The normalized spacial score (nSPS) is 17.9. The summed E-state index contributed by atoms with van der Waals surface area (Å²) in [4.78, 5) is 13.9. The van der Waals surface area contributed by atoms with Gasteiger partial charge in [-0.3, -0.25) is 4.79 Å². The standard InChI is InChI=1S/C12H24N2O/c1-9(2)6-11(7-13)12(15)14(3)8-10-4-5-10/h9-11H,4-8,13H2,1-3H3. The fourth-order valence-corrected chi connectivity index (χ4v) is 1.96. The third-order valence-electron chi connectivity index (χ3n) is 2.99. The van der Waals surface area contributed by atoms with Crippen LogP contribution in [-0.4, -0.2) is 30.9 Å². The molecule has 0 aromatic carbocycles. The summed E-state index contributed by atoms with van der Waals surface area (Å²) < 4.78 is 0. The van der Waals surface area contributed by atoms with E-state index in [9.17, 15) is 4.79 Å². The quantitative estimate of drug-likeness (QED) is 0.725. The molecule has 0 aromatic rings. The zero-order valence-electron chi connectivity index (χ0n) is 10.2. The van der Waals surface area contributed by atoms with E-state index < -0.39 is 0 Å². The minimum atomic E-state index is 0.0220. The smallest absolute Gasteiger partial charge is 0.226 e. The maximum atomic E-state index is 12.0. The SMILES string of the molecule is CC(C)CC(CN)C(=O)N(C)CC1CC1. The van der Waals surface area contributed by atoms with Gasteiger partial charge in [0.25, 0.3) is 0 Å². The summed E-state index contributed by atoms with van der Waals surface area (Å²) in [5.41, 5.74) is 5.66. The lowest BCUT2D eigenvalue weighted by atomic mass is 9.96. The summed E-state index contributed by atoms with van der Waals surface area (Å²) in [7, 11) is 1.91. The third-order valence-corrected chi connectivity index (χ3v) is 2.99. The van der Waals surface area contributed by atoms with E-state index in [2.05, 4.69) is 13.8 Å². The Labute approximate surface area is 93.0 Å². The number of amides is 1. The highest BCUT2D eigenvalue weighted by Gasteiger charge is 2.27. The highest BCUT2D eigenvalue weighted by atomic mass is 16.2. The van der Waals surface area contributed by atoms with E-state index in [4.69, 9.17) is 5.73 Å².